The molecule has 4 heteroatoms. The SMILES string of the molecule is Cc1ccc(NC(=O)C2(c3ccc4c(c3)CCO4)CC2)cc1-c1ccc2sccc2c1. The molecule has 154 valence electrons. The average molecular weight is 426 g/mol. The summed E-state index contributed by atoms with van der Waals surface area (Å²) < 4.78 is 6.92. The van der Waals surface area contributed by atoms with Crippen LogP contribution in [0.4, 0.5) is 5.69 Å². The smallest absolute Gasteiger partial charge is 0.235 e. The van der Waals surface area contributed by atoms with Crippen molar-refractivity contribution in [2.75, 3.05) is 11.9 Å². The van der Waals surface area contributed by atoms with Crippen LogP contribution in [0.15, 0.2) is 66.0 Å². The Labute approximate surface area is 185 Å². The van der Waals surface area contributed by atoms with Gasteiger partial charge in [-0.25, -0.2) is 0 Å². The highest BCUT2D eigenvalue weighted by Gasteiger charge is 2.51. The first-order valence-electron chi connectivity index (χ1n) is 10.8. The maximum absolute atomic E-state index is 13.3. The molecule has 4 aromatic rings. The van der Waals surface area contributed by atoms with E-state index in [2.05, 4.69) is 66.2 Å². The topological polar surface area (TPSA) is 38.3 Å². The maximum atomic E-state index is 13.3. The van der Waals surface area contributed by atoms with Crippen LogP contribution in [-0.2, 0) is 16.6 Å². The van der Waals surface area contributed by atoms with E-state index in [9.17, 15) is 4.79 Å². The van der Waals surface area contributed by atoms with E-state index in [0.717, 1.165) is 48.4 Å². The van der Waals surface area contributed by atoms with Gasteiger partial charge in [0.25, 0.3) is 0 Å². The number of benzene rings is 3. The zero-order valence-corrected chi connectivity index (χ0v) is 18.2. The van der Waals surface area contributed by atoms with Crippen LogP contribution in [0.5, 0.6) is 5.75 Å². The van der Waals surface area contributed by atoms with Gasteiger partial charge in [0, 0.05) is 16.8 Å². The van der Waals surface area contributed by atoms with Crippen molar-refractivity contribution < 1.29 is 9.53 Å². The summed E-state index contributed by atoms with van der Waals surface area (Å²) in [4.78, 5) is 13.3. The Morgan fingerprint density at radius 1 is 1.03 bits per heavy atom. The molecule has 1 amide bonds. The van der Waals surface area contributed by atoms with E-state index in [1.165, 1.54) is 26.8 Å². The lowest BCUT2D eigenvalue weighted by Gasteiger charge is -2.18. The van der Waals surface area contributed by atoms with Crippen molar-refractivity contribution in [3.05, 3.63) is 82.7 Å². The average Bonchev–Trinajstić information content (AvgIpc) is 3.24. The van der Waals surface area contributed by atoms with Crippen molar-refractivity contribution in [1.29, 1.82) is 0 Å². The fraction of sp³-hybridized carbons (Fsp3) is 0.222. The van der Waals surface area contributed by atoms with Crippen LogP contribution < -0.4 is 10.1 Å². The highest BCUT2D eigenvalue weighted by atomic mass is 32.1. The third kappa shape index (κ3) is 3.14. The standard InChI is InChI=1S/C27H23NO2S/c1-17-2-5-22(16-23(17)18-3-7-25-20(14-18)9-13-31-25)28-26(29)27(10-11-27)21-4-6-24-19(15-21)8-12-30-24/h2-7,9,13-16H,8,10-12H2,1H3,(H,28,29). The molecule has 0 bridgehead atoms. The molecule has 0 unspecified atom stereocenters. The molecule has 0 saturated heterocycles. The Morgan fingerprint density at radius 2 is 1.94 bits per heavy atom. The Hall–Kier alpha value is -3.11. The molecule has 2 heterocycles. The van der Waals surface area contributed by atoms with Gasteiger partial charge in [-0.1, -0.05) is 24.3 Å². The number of nitrogens with one attached hydrogen (secondary N) is 1. The van der Waals surface area contributed by atoms with Crippen LogP contribution in [-0.4, -0.2) is 12.5 Å². The number of carbonyl (C=O) groups is 1. The van der Waals surface area contributed by atoms with Gasteiger partial charge in [0.15, 0.2) is 0 Å². The summed E-state index contributed by atoms with van der Waals surface area (Å²) in [5.74, 6) is 1.06. The van der Waals surface area contributed by atoms with Gasteiger partial charge in [0.1, 0.15) is 5.75 Å². The van der Waals surface area contributed by atoms with Crippen molar-refractivity contribution in [1.82, 2.24) is 0 Å². The van der Waals surface area contributed by atoms with E-state index < -0.39 is 5.41 Å². The lowest BCUT2D eigenvalue weighted by molar-refractivity contribution is -0.118. The lowest BCUT2D eigenvalue weighted by Crippen LogP contribution is -2.27. The number of hydrogen-bond donors (Lipinski definition) is 1. The summed E-state index contributed by atoms with van der Waals surface area (Å²) in [6, 6.07) is 21.2. The summed E-state index contributed by atoms with van der Waals surface area (Å²) in [6.45, 7) is 2.86. The minimum absolute atomic E-state index is 0.0921. The van der Waals surface area contributed by atoms with Gasteiger partial charge in [-0.3, -0.25) is 4.79 Å². The fourth-order valence-electron chi connectivity index (χ4n) is 4.65. The number of fused-ring (bicyclic) bond motifs is 2. The minimum Gasteiger partial charge on any atom is -0.493 e. The number of anilines is 1. The van der Waals surface area contributed by atoms with Gasteiger partial charge < -0.3 is 10.1 Å². The van der Waals surface area contributed by atoms with Crippen LogP contribution >= 0.6 is 11.3 Å². The Bertz CT molecular complexity index is 1330. The van der Waals surface area contributed by atoms with Gasteiger partial charge in [0.2, 0.25) is 5.91 Å². The van der Waals surface area contributed by atoms with Crippen molar-refractivity contribution in [2.45, 2.75) is 31.6 Å². The number of ether oxygens (including phenoxy) is 1. The molecule has 2 aliphatic rings. The molecule has 1 aliphatic carbocycles. The molecule has 0 radical (unpaired) electrons. The van der Waals surface area contributed by atoms with Crippen LogP contribution in [0.3, 0.4) is 0 Å². The highest BCUT2D eigenvalue weighted by molar-refractivity contribution is 7.17. The van der Waals surface area contributed by atoms with E-state index >= 15 is 0 Å². The van der Waals surface area contributed by atoms with E-state index in [1.807, 2.05) is 12.1 Å². The van der Waals surface area contributed by atoms with Crippen LogP contribution in [0.1, 0.15) is 29.5 Å². The molecule has 31 heavy (non-hydrogen) atoms. The monoisotopic (exact) mass is 425 g/mol. The maximum Gasteiger partial charge on any atom is 0.235 e. The first-order valence-corrected chi connectivity index (χ1v) is 11.7. The van der Waals surface area contributed by atoms with Crippen molar-refractivity contribution in [3.63, 3.8) is 0 Å². The van der Waals surface area contributed by atoms with E-state index in [1.54, 1.807) is 11.3 Å². The third-order valence-corrected chi connectivity index (χ3v) is 7.58. The molecule has 1 aromatic heterocycles. The van der Waals surface area contributed by atoms with Gasteiger partial charge >= 0.3 is 0 Å². The Balaban J connectivity index is 1.29. The summed E-state index contributed by atoms with van der Waals surface area (Å²) >= 11 is 1.76. The summed E-state index contributed by atoms with van der Waals surface area (Å²) in [5, 5.41) is 6.59. The molecule has 6 rings (SSSR count). The first kappa shape index (κ1) is 18.6. The number of carbonyl (C=O) groups excluding carboxylic acids is 1. The molecule has 3 nitrogen and oxygen atoms in total. The van der Waals surface area contributed by atoms with Gasteiger partial charge in [-0.05, 0) is 94.7 Å². The second-order valence-electron chi connectivity index (χ2n) is 8.66. The largest absolute Gasteiger partial charge is 0.493 e. The molecular formula is C27H23NO2S. The normalized spacial score (nSPS) is 16.0. The van der Waals surface area contributed by atoms with Crippen molar-refractivity contribution >= 4 is 33.0 Å². The first-order chi connectivity index (χ1) is 15.1. The van der Waals surface area contributed by atoms with Gasteiger partial charge in [-0.2, -0.15) is 0 Å². The number of rotatable bonds is 4. The molecule has 1 aliphatic heterocycles. The lowest BCUT2D eigenvalue weighted by atomic mass is 9.92. The van der Waals surface area contributed by atoms with E-state index in [4.69, 9.17) is 4.74 Å². The van der Waals surface area contributed by atoms with Gasteiger partial charge in [-0.15, -0.1) is 11.3 Å². The van der Waals surface area contributed by atoms with Crippen LogP contribution in [0, 0.1) is 6.92 Å². The molecular weight excluding hydrogens is 402 g/mol. The number of amides is 1. The number of aryl methyl sites for hydroxylation is 1. The molecule has 0 spiro atoms. The summed E-state index contributed by atoms with van der Waals surface area (Å²) in [7, 11) is 0. The van der Waals surface area contributed by atoms with Crippen molar-refractivity contribution in [2.24, 2.45) is 0 Å². The van der Waals surface area contributed by atoms with Crippen molar-refractivity contribution in [3.8, 4) is 16.9 Å². The zero-order chi connectivity index (χ0) is 21.0. The molecule has 1 N–H and O–H groups in total. The van der Waals surface area contributed by atoms with E-state index in [0.29, 0.717) is 0 Å². The summed E-state index contributed by atoms with van der Waals surface area (Å²) in [6.07, 6.45) is 2.72. The summed E-state index contributed by atoms with van der Waals surface area (Å²) in [5.41, 5.74) is 6.32. The number of thiophene rings is 1. The fourth-order valence-corrected chi connectivity index (χ4v) is 5.42. The molecule has 0 atom stereocenters. The zero-order valence-electron chi connectivity index (χ0n) is 17.4. The Kier molecular flexibility index (Phi) is 4.19. The highest BCUT2D eigenvalue weighted by Crippen LogP contribution is 2.50. The molecule has 1 fully saturated rings. The van der Waals surface area contributed by atoms with Crippen LogP contribution in [0.2, 0.25) is 0 Å². The third-order valence-electron chi connectivity index (χ3n) is 6.69. The second-order valence-corrected chi connectivity index (χ2v) is 9.61. The number of hydrogen-bond acceptors (Lipinski definition) is 3. The van der Waals surface area contributed by atoms with E-state index in [-0.39, 0.29) is 5.91 Å². The molecule has 1 saturated carbocycles. The van der Waals surface area contributed by atoms with Crippen LogP contribution in [0.25, 0.3) is 21.2 Å². The predicted octanol–water partition coefficient (Wildman–Crippen LogP) is 6.48. The Morgan fingerprint density at radius 3 is 2.81 bits per heavy atom. The van der Waals surface area contributed by atoms with Gasteiger partial charge in [0.05, 0.1) is 12.0 Å². The quantitative estimate of drug-likeness (QED) is 0.406. The predicted molar refractivity (Wildman–Crippen MR) is 127 cm³/mol. The second kappa shape index (κ2) is 6.96. The minimum atomic E-state index is -0.405. The molecule has 3 aromatic carbocycles.